The van der Waals surface area contributed by atoms with Crippen LogP contribution in [0.2, 0.25) is 0 Å². The zero-order valence-electron chi connectivity index (χ0n) is 13.9. The molecule has 2 aromatic rings. The molecule has 1 heterocycles. The smallest absolute Gasteiger partial charge is 0.254 e. The summed E-state index contributed by atoms with van der Waals surface area (Å²) in [7, 11) is 0. The first kappa shape index (κ1) is 16.4. The van der Waals surface area contributed by atoms with E-state index in [4.69, 9.17) is 0 Å². The fourth-order valence-corrected chi connectivity index (χ4v) is 3.01. The van der Waals surface area contributed by atoms with Crippen LogP contribution in [0.15, 0.2) is 42.7 Å². The molecule has 0 bridgehead atoms. The normalized spacial score (nSPS) is 15.5. The largest absolute Gasteiger partial charge is 0.350 e. The molecule has 2 N–H and O–H groups in total. The highest BCUT2D eigenvalue weighted by atomic mass is 16.1. The maximum Gasteiger partial charge on any atom is 0.254 e. The summed E-state index contributed by atoms with van der Waals surface area (Å²) in [5, 5.41) is 6.28. The highest BCUT2D eigenvalue weighted by molar-refractivity contribution is 5.93. The number of carbonyl (C=O) groups excluding carboxylic acids is 1. The molecule has 5 heteroatoms. The third-order valence-electron chi connectivity index (χ3n) is 4.40. The van der Waals surface area contributed by atoms with Crippen LogP contribution in [0.5, 0.6) is 0 Å². The molecule has 0 atom stereocenters. The number of hydrogen-bond donors (Lipinski definition) is 2. The van der Waals surface area contributed by atoms with E-state index in [-0.39, 0.29) is 11.9 Å². The highest BCUT2D eigenvalue weighted by Crippen LogP contribution is 2.17. The number of carbonyl (C=O) groups is 1. The van der Waals surface area contributed by atoms with Crippen LogP contribution in [-0.4, -0.2) is 21.9 Å². The molecule has 0 saturated heterocycles. The van der Waals surface area contributed by atoms with Gasteiger partial charge in [0.25, 0.3) is 5.91 Å². The van der Waals surface area contributed by atoms with Crippen molar-refractivity contribution in [2.75, 3.05) is 5.32 Å². The van der Waals surface area contributed by atoms with Gasteiger partial charge in [-0.2, -0.15) is 0 Å². The van der Waals surface area contributed by atoms with Crippen molar-refractivity contribution in [2.24, 2.45) is 0 Å². The minimum Gasteiger partial charge on any atom is -0.350 e. The number of hydrogen-bond acceptors (Lipinski definition) is 4. The summed E-state index contributed by atoms with van der Waals surface area (Å²) in [5.74, 6) is 0.460. The van der Waals surface area contributed by atoms with Gasteiger partial charge in [0.2, 0.25) is 5.95 Å². The van der Waals surface area contributed by atoms with E-state index in [0.717, 1.165) is 18.4 Å². The Morgan fingerprint density at radius 1 is 1.00 bits per heavy atom. The van der Waals surface area contributed by atoms with Gasteiger partial charge >= 0.3 is 0 Å². The number of rotatable bonds is 5. The topological polar surface area (TPSA) is 66.9 Å². The fourth-order valence-electron chi connectivity index (χ4n) is 3.01. The summed E-state index contributed by atoms with van der Waals surface area (Å²) in [4.78, 5) is 20.8. The van der Waals surface area contributed by atoms with Crippen molar-refractivity contribution in [3.05, 3.63) is 53.9 Å². The highest BCUT2D eigenvalue weighted by Gasteiger charge is 2.16. The van der Waals surface area contributed by atoms with Crippen LogP contribution in [0.3, 0.4) is 0 Å². The van der Waals surface area contributed by atoms with Gasteiger partial charge in [-0.05, 0) is 18.4 Å². The second kappa shape index (κ2) is 8.43. The van der Waals surface area contributed by atoms with Crippen molar-refractivity contribution < 1.29 is 4.79 Å². The van der Waals surface area contributed by atoms with Crippen molar-refractivity contribution in [2.45, 2.75) is 51.1 Å². The number of anilines is 1. The van der Waals surface area contributed by atoms with Gasteiger partial charge in [-0.3, -0.25) is 4.79 Å². The molecule has 126 valence electrons. The molecule has 1 aliphatic rings. The monoisotopic (exact) mass is 324 g/mol. The molecule has 1 aromatic carbocycles. The molecule has 3 rings (SSSR count). The number of nitrogens with one attached hydrogen (secondary N) is 2. The molecule has 1 amide bonds. The van der Waals surface area contributed by atoms with Crippen molar-refractivity contribution in [3.63, 3.8) is 0 Å². The number of amides is 1. The number of nitrogens with zero attached hydrogens (tertiary/aromatic N) is 2. The van der Waals surface area contributed by atoms with Gasteiger partial charge < -0.3 is 10.6 Å². The van der Waals surface area contributed by atoms with Gasteiger partial charge in [0.15, 0.2) is 0 Å². The zero-order chi connectivity index (χ0) is 16.6. The molecule has 1 aromatic heterocycles. The van der Waals surface area contributed by atoms with Gasteiger partial charge in [-0.15, -0.1) is 0 Å². The predicted molar refractivity (Wildman–Crippen MR) is 94.8 cm³/mol. The minimum absolute atomic E-state index is 0.0727. The van der Waals surface area contributed by atoms with E-state index in [1.165, 1.54) is 25.7 Å². The first-order valence-electron chi connectivity index (χ1n) is 8.72. The van der Waals surface area contributed by atoms with E-state index in [2.05, 4.69) is 20.6 Å². The van der Waals surface area contributed by atoms with Crippen molar-refractivity contribution >= 4 is 11.9 Å². The van der Waals surface area contributed by atoms with Crippen molar-refractivity contribution in [3.8, 4) is 0 Å². The first-order valence-corrected chi connectivity index (χ1v) is 8.72. The summed E-state index contributed by atoms with van der Waals surface area (Å²) in [6.45, 7) is 0.661. The molecule has 0 radical (unpaired) electrons. The summed E-state index contributed by atoms with van der Waals surface area (Å²) in [6, 6.07) is 10.4. The maximum atomic E-state index is 12.3. The Labute approximate surface area is 142 Å². The van der Waals surface area contributed by atoms with Gasteiger partial charge in [-0.25, -0.2) is 9.97 Å². The van der Waals surface area contributed by atoms with E-state index in [9.17, 15) is 4.79 Å². The molecule has 0 aliphatic heterocycles. The van der Waals surface area contributed by atoms with Crippen LogP contribution < -0.4 is 10.6 Å². The van der Waals surface area contributed by atoms with E-state index in [1.807, 2.05) is 30.3 Å². The van der Waals surface area contributed by atoms with Gasteiger partial charge in [0, 0.05) is 25.0 Å². The number of aromatic nitrogens is 2. The first-order chi connectivity index (χ1) is 11.8. The van der Waals surface area contributed by atoms with E-state index in [0.29, 0.717) is 18.1 Å². The molecular formula is C19H24N4O. The van der Waals surface area contributed by atoms with Crippen LogP contribution in [-0.2, 0) is 6.54 Å². The third-order valence-corrected chi connectivity index (χ3v) is 4.40. The van der Waals surface area contributed by atoms with E-state index < -0.39 is 0 Å². The Morgan fingerprint density at radius 3 is 2.33 bits per heavy atom. The molecule has 1 fully saturated rings. The molecule has 0 unspecified atom stereocenters. The van der Waals surface area contributed by atoms with Crippen LogP contribution in [0, 0.1) is 0 Å². The zero-order valence-corrected chi connectivity index (χ0v) is 13.9. The lowest BCUT2D eigenvalue weighted by Gasteiger charge is -2.16. The summed E-state index contributed by atoms with van der Waals surface area (Å²) in [5.41, 5.74) is 1.68. The van der Waals surface area contributed by atoms with Crippen molar-refractivity contribution in [1.29, 1.82) is 0 Å². The second-order valence-electron chi connectivity index (χ2n) is 6.30. The molecular weight excluding hydrogens is 300 g/mol. The molecule has 24 heavy (non-hydrogen) atoms. The quantitative estimate of drug-likeness (QED) is 0.826. The Balaban J connectivity index is 1.52. The third kappa shape index (κ3) is 4.78. The van der Waals surface area contributed by atoms with Crippen molar-refractivity contribution in [1.82, 2.24) is 15.3 Å². The summed E-state index contributed by atoms with van der Waals surface area (Å²) < 4.78 is 0. The summed E-state index contributed by atoms with van der Waals surface area (Å²) in [6.07, 6.45) is 10.3. The van der Waals surface area contributed by atoms with Crippen LogP contribution in [0.25, 0.3) is 0 Å². The molecule has 1 saturated carbocycles. The maximum absolute atomic E-state index is 12.3. The van der Waals surface area contributed by atoms with E-state index >= 15 is 0 Å². The minimum atomic E-state index is -0.0727. The predicted octanol–water partition coefficient (Wildman–Crippen LogP) is 3.54. The van der Waals surface area contributed by atoms with Gasteiger partial charge in [0.05, 0.1) is 5.56 Å². The number of benzene rings is 1. The molecule has 1 aliphatic carbocycles. The van der Waals surface area contributed by atoms with Crippen LogP contribution in [0.4, 0.5) is 5.95 Å². The average molecular weight is 324 g/mol. The standard InChI is InChI=1S/C19H24N4O/c24-18(23-17-10-6-1-2-7-11-17)16-13-21-19(22-14-16)20-12-15-8-4-3-5-9-15/h3-5,8-9,13-14,17H,1-2,6-7,10-12H2,(H,23,24)(H,20,21,22). The molecule has 5 nitrogen and oxygen atoms in total. The Kier molecular flexibility index (Phi) is 5.77. The van der Waals surface area contributed by atoms with Crippen LogP contribution in [0.1, 0.15) is 54.4 Å². The Morgan fingerprint density at radius 2 is 1.67 bits per heavy atom. The van der Waals surface area contributed by atoms with Gasteiger partial charge in [0.1, 0.15) is 0 Å². The fraction of sp³-hybridized carbons (Fsp3) is 0.421. The SMILES string of the molecule is O=C(NC1CCCCCC1)c1cnc(NCc2ccccc2)nc1. The van der Waals surface area contributed by atoms with E-state index in [1.54, 1.807) is 12.4 Å². The second-order valence-corrected chi connectivity index (χ2v) is 6.30. The molecule has 0 spiro atoms. The summed E-state index contributed by atoms with van der Waals surface area (Å²) >= 11 is 0. The average Bonchev–Trinajstić information content (AvgIpc) is 2.90. The lowest BCUT2D eigenvalue weighted by molar-refractivity contribution is 0.0932. The Bertz CT molecular complexity index is 634. The lowest BCUT2D eigenvalue weighted by Crippen LogP contribution is -2.34. The van der Waals surface area contributed by atoms with Crippen LogP contribution >= 0.6 is 0 Å². The van der Waals surface area contributed by atoms with Gasteiger partial charge in [-0.1, -0.05) is 56.0 Å². The lowest BCUT2D eigenvalue weighted by atomic mass is 10.1. The Hall–Kier alpha value is -2.43.